The Balaban J connectivity index is 2.20. The molecule has 1 aliphatic rings. The molecule has 1 saturated heterocycles. The number of hydrogen-bond acceptors (Lipinski definition) is 3. The molecule has 17 heavy (non-hydrogen) atoms. The van der Waals surface area contributed by atoms with Gasteiger partial charge in [-0.1, -0.05) is 15.9 Å². The number of ether oxygens (including phenoxy) is 1. The van der Waals surface area contributed by atoms with Crippen LogP contribution in [0.1, 0.15) is 18.5 Å². The van der Waals surface area contributed by atoms with Gasteiger partial charge in [0.05, 0.1) is 6.33 Å². The van der Waals surface area contributed by atoms with Gasteiger partial charge >= 0.3 is 0 Å². The van der Waals surface area contributed by atoms with Gasteiger partial charge < -0.3 is 4.74 Å². The van der Waals surface area contributed by atoms with Crippen LogP contribution in [-0.4, -0.2) is 28.1 Å². The van der Waals surface area contributed by atoms with Crippen molar-refractivity contribution in [2.24, 2.45) is 5.41 Å². The summed E-state index contributed by atoms with van der Waals surface area (Å²) in [7, 11) is 0. The molecule has 2 heterocycles. The van der Waals surface area contributed by atoms with E-state index in [1.165, 1.54) is 0 Å². The number of nitrogens with zero attached hydrogens (tertiary/aromatic N) is 2. The van der Waals surface area contributed by atoms with Crippen molar-refractivity contribution >= 4 is 15.9 Å². The van der Waals surface area contributed by atoms with E-state index in [1.54, 1.807) is 17.0 Å². The Morgan fingerprint density at radius 3 is 2.82 bits per heavy atom. The van der Waals surface area contributed by atoms with Crippen molar-refractivity contribution in [1.82, 2.24) is 9.55 Å². The normalized spacial score (nSPS) is 19.2. The molecule has 0 atom stereocenters. The van der Waals surface area contributed by atoms with Gasteiger partial charge in [0.25, 0.3) is 5.56 Å². The van der Waals surface area contributed by atoms with Crippen LogP contribution in [0.5, 0.6) is 0 Å². The maximum absolute atomic E-state index is 11.8. The Kier molecular flexibility index (Phi) is 3.99. The summed E-state index contributed by atoms with van der Waals surface area (Å²) >= 11 is 3.57. The predicted octanol–water partition coefficient (Wildman–Crippen LogP) is 1.74. The van der Waals surface area contributed by atoms with Gasteiger partial charge in [-0.15, -0.1) is 0 Å². The zero-order valence-electron chi connectivity index (χ0n) is 9.99. The first-order valence-corrected chi connectivity index (χ1v) is 6.94. The van der Waals surface area contributed by atoms with Crippen LogP contribution in [0.25, 0.3) is 0 Å². The number of rotatable bonds is 3. The van der Waals surface area contributed by atoms with Gasteiger partial charge in [-0.2, -0.15) is 0 Å². The molecule has 1 aromatic rings. The summed E-state index contributed by atoms with van der Waals surface area (Å²) in [5, 5.41) is 0.893. The van der Waals surface area contributed by atoms with Crippen LogP contribution in [-0.2, 0) is 11.3 Å². The number of alkyl halides is 1. The fourth-order valence-corrected chi connectivity index (χ4v) is 2.87. The van der Waals surface area contributed by atoms with Crippen LogP contribution in [0.4, 0.5) is 0 Å². The minimum absolute atomic E-state index is 0.0318. The van der Waals surface area contributed by atoms with Gasteiger partial charge in [-0.25, -0.2) is 4.98 Å². The highest BCUT2D eigenvalue weighted by Crippen LogP contribution is 2.33. The van der Waals surface area contributed by atoms with Crippen molar-refractivity contribution in [3.63, 3.8) is 0 Å². The molecule has 0 radical (unpaired) electrons. The molecule has 2 rings (SSSR count). The molecule has 1 fully saturated rings. The molecule has 0 aromatic carbocycles. The van der Waals surface area contributed by atoms with Gasteiger partial charge in [0, 0.05) is 42.3 Å². The second-order valence-electron chi connectivity index (χ2n) is 4.74. The summed E-state index contributed by atoms with van der Waals surface area (Å²) in [6, 6.07) is 1.58. The fourth-order valence-electron chi connectivity index (χ4n) is 2.14. The average molecular weight is 301 g/mol. The van der Waals surface area contributed by atoms with E-state index >= 15 is 0 Å². The minimum Gasteiger partial charge on any atom is -0.381 e. The van der Waals surface area contributed by atoms with Gasteiger partial charge in [0.2, 0.25) is 0 Å². The molecule has 4 nitrogen and oxygen atoms in total. The van der Waals surface area contributed by atoms with E-state index < -0.39 is 0 Å². The maximum Gasteiger partial charge on any atom is 0.253 e. The topological polar surface area (TPSA) is 44.1 Å². The summed E-state index contributed by atoms with van der Waals surface area (Å²) in [6.07, 6.45) is 3.62. The van der Waals surface area contributed by atoms with Crippen LogP contribution >= 0.6 is 15.9 Å². The van der Waals surface area contributed by atoms with Crippen molar-refractivity contribution in [3.8, 4) is 0 Å². The highest BCUT2D eigenvalue weighted by molar-refractivity contribution is 9.09. The molecule has 0 saturated carbocycles. The predicted molar refractivity (Wildman–Crippen MR) is 69.5 cm³/mol. The Morgan fingerprint density at radius 1 is 1.53 bits per heavy atom. The first-order valence-electron chi connectivity index (χ1n) is 5.82. The monoisotopic (exact) mass is 300 g/mol. The molecular weight excluding hydrogens is 284 g/mol. The molecule has 0 N–H and O–H groups in total. The Hall–Kier alpha value is -0.680. The van der Waals surface area contributed by atoms with Crippen LogP contribution in [0.3, 0.4) is 0 Å². The third-order valence-corrected chi connectivity index (χ3v) is 4.55. The largest absolute Gasteiger partial charge is 0.381 e. The molecule has 0 bridgehead atoms. The maximum atomic E-state index is 11.8. The Morgan fingerprint density at radius 2 is 2.24 bits per heavy atom. The highest BCUT2D eigenvalue weighted by atomic mass is 79.9. The third kappa shape index (κ3) is 2.96. The summed E-state index contributed by atoms with van der Waals surface area (Å²) in [6.45, 7) is 4.10. The lowest BCUT2D eigenvalue weighted by Crippen LogP contribution is -2.38. The Bertz CT molecular complexity index is 438. The van der Waals surface area contributed by atoms with Gasteiger partial charge in [0.15, 0.2) is 0 Å². The Labute approximate surface area is 109 Å². The number of halogens is 1. The minimum atomic E-state index is 0.0318. The van der Waals surface area contributed by atoms with E-state index in [2.05, 4.69) is 20.9 Å². The summed E-state index contributed by atoms with van der Waals surface area (Å²) in [5.74, 6) is 0. The summed E-state index contributed by atoms with van der Waals surface area (Å²) < 4.78 is 7.10. The lowest BCUT2D eigenvalue weighted by Gasteiger charge is -2.35. The van der Waals surface area contributed by atoms with Crippen LogP contribution in [0, 0.1) is 12.3 Å². The second kappa shape index (κ2) is 5.31. The summed E-state index contributed by atoms with van der Waals surface area (Å²) in [4.78, 5) is 16.0. The number of aromatic nitrogens is 2. The van der Waals surface area contributed by atoms with E-state index in [9.17, 15) is 4.79 Å². The number of aryl methyl sites for hydroxylation is 1. The molecule has 94 valence electrons. The average Bonchev–Trinajstić information content (AvgIpc) is 2.34. The molecule has 0 spiro atoms. The van der Waals surface area contributed by atoms with Crippen LogP contribution in [0.15, 0.2) is 17.2 Å². The van der Waals surface area contributed by atoms with E-state index in [0.29, 0.717) is 6.54 Å². The van der Waals surface area contributed by atoms with Gasteiger partial charge in [-0.3, -0.25) is 9.36 Å². The van der Waals surface area contributed by atoms with E-state index in [4.69, 9.17) is 4.74 Å². The van der Waals surface area contributed by atoms with Crippen molar-refractivity contribution in [2.45, 2.75) is 26.3 Å². The second-order valence-corrected chi connectivity index (χ2v) is 5.30. The highest BCUT2D eigenvalue weighted by Gasteiger charge is 2.32. The first kappa shape index (κ1) is 12.8. The van der Waals surface area contributed by atoms with Gasteiger partial charge in [0.1, 0.15) is 0 Å². The third-order valence-electron chi connectivity index (χ3n) is 3.36. The molecular formula is C12H17BrN2O2. The van der Waals surface area contributed by atoms with Crippen molar-refractivity contribution < 1.29 is 4.74 Å². The smallest absolute Gasteiger partial charge is 0.253 e. The molecule has 5 heteroatoms. The quantitative estimate of drug-likeness (QED) is 0.799. The van der Waals surface area contributed by atoms with Gasteiger partial charge in [-0.05, 0) is 19.8 Å². The lowest BCUT2D eigenvalue weighted by molar-refractivity contribution is 0.0180. The van der Waals surface area contributed by atoms with Crippen molar-refractivity contribution in [2.75, 3.05) is 18.5 Å². The summed E-state index contributed by atoms with van der Waals surface area (Å²) in [5.41, 5.74) is 0.925. The van der Waals surface area contributed by atoms with Crippen molar-refractivity contribution in [3.05, 3.63) is 28.4 Å². The van der Waals surface area contributed by atoms with Crippen LogP contribution < -0.4 is 5.56 Å². The van der Waals surface area contributed by atoms with E-state index in [-0.39, 0.29) is 11.0 Å². The zero-order valence-corrected chi connectivity index (χ0v) is 11.6. The molecule has 0 aliphatic carbocycles. The van der Waals surface area contributed by atoms with E-state index in [0.717, 1.165) is 37.1 Å². The molecule has 1 aromatic heterocycles. The molecule has 0 amide bonds. The van der Waals surface area contributed by atoms with Crippen LogP contribution in [0.2, 0.25) is 0 Å². The molecule has 1 aliphatic heterocycles. The SMILES string of the molecule is Cc1cc(=O)n(CC2(CBr)CCOCC2)cn1. The van der Waals surface area contributed by atoms with Crippen molar-refractivity contribution in [1.29, 1.82) is 0 Å². The zero-order chi connectivity index (χ0) is 12.3. The lowest BCUT2D eigenvalue weighted by atomic mass is 9.82. The fraction of sp³-hybridized carbons (Fsp3) is 0.667. The number of hydrogen-bond donors (Lipinski definition) is 0. The van der Waals surface area contributed by atoms with E-state index in [1.807, 2.05) is 6.92 Å². The standard InChI is InChI=1S/C12H17BrN2O2/c1-10-6-11(16)15(9-14-10)8-12(7-13)2-4-17-5-3-12/h6,9H,2-5,7-8H2,1H3. The molecule has 0 unspecified atom stereocenters. The first-order chi connectivity index (χ1) is 8.15.